The third-order valence-corrected chi connectivity index (χ3v) is 4.32. The summed E-state index contributed by atoms with van der Waals surface area (Å²) in [6.07, 6.45) is 4.24. The standard InChI is InChI=1S/C21H19N9O/c22-9-11-24-19-27-20(29-21(28-19)31-12-8-16-5-3-4-10-23-16)30-26-14-15-13-25-18-7-2-1-6-17(15)18/h1-7,10,13,25H,8,11-12,14H2,(H,24,27,28,29). The third-order valence-electron chi connectivity index (χ3n) is 4.32. The molecular formula is C21H19N9O. The van der Waals surface area contributed by atoms with Gasteiger partial charge in [-0.25, -0.2) is 0 Å². The molecule has 4 aromatic rings. The Morgan fingerprint density at radius 2 is 2.00 bits per heavy atom. The molecule has 2 N–H and O–H groups in total. The van der Waals surface area contributed by atoms with Gasteiger partial charge in [-0.2, -0.15) is 25.3 Å². The van der Waals surface area contributed by atoms with Gasteiger partial charge >= 0.3 is 6.01 Å². The first kappa shape index (κ1) is 19.9. The molecule has 154 valence electrons. The summed E-state index contributed by atoms with van der Waals surface area (Å²) in [6, 6.07) is 15.8. The second kappa shape index (κ2) is 9.89. The maximum atomic E-state index is 8.80. The number of anilines is 1. The van der Waals surface area contributed by atoms with Crippen LogP contribution in [0.25, 0.3) is 10.9 Å². The number of nitriles is 1. The van der Waals surface area contributed by atoms with Gasteiger partial charge < -0.3 is 15.0 Å². The predicted molar refractivity (Wildman–Crippen MR) is 114 cm³/mol. The van der Waals surface area contributed by atoms with Crippen LogP contribution < -0.4 is 10.1 Å². The van der Waals surface area contributed by atoms with Crippen molar-refractivity contribution in [2.45, 2.75) is 13.0 Å². The van der Waals surface area contributed by atoms with Crippen molar-refractivity contribution in [3.63, 3.8) is 0 Å². The van der Waals surface area contributed by atoms with E-state index in [9.17, 15) is 0 Å². The van der Waals surface area contributed by atoms with Crippen LogP contribution in [0.2, 0.25) is 0 Å². The SMILES string of the molecule is N#CCNc1nc(N=NCc2c[nH]c3ccccc23)nc(OCCc2ccccn2)n1. The summed E-state index contributed by atoms with van der Waals surface area (Å²) in [6.45, 7) is 0.750. The van der Waals surface area contributed by atoms with Crippen molar-refractivity contribution in [2.75, 3.05) is 18.5 Å². The molecular weight excluding hydrogens is 394 g/mol. The molecule has 0 atom stereocenters. The number of benzene rings is 1. The van der Waals surface area contributed by atoms with Gasteiger partial charge in [-0.05, 0) is 18.2 Å². The molecule has 0 aliphatic rings. The molecule has 31 heavy (non-hydrogen) atoms. The van der Waals surface area contributed by atoms with Gasteiger partial charge in [0.2, 0.25) is 5.95 Å². The number of nitrogens with one attached hydrogen (secondary N) is 2. The molecule has 3 aromatic heterocycles. The number of nitrogens with zero attached hydrogens (tertiary/aromatic N) is 7. The zero-order chi connectivity index (χ0) is 21.3. The van der Waals surface area contributed by atoms with Gasteiger partial charge in [-0.3, -0.25) is 4.98 Å². The van der Waals surface area contributed by atoms with Gasteiger partial charge in [0.25, 0.3) is 5.95 Å². The van der Waals surface area contributed by atoms with Crippen LogP contribution in [0.15, 0.2) is 65.1 Å². The minimum atomic E-state index is 0.0450. The Hall–Kier alpha value is -4.39. The number of H-pyrrole nitrogens is 1. The van der Waals surface area contributed by atoms with Crippen LogP contribution in [0.5, 0.6) is 6.01 Å². The lowest BCUT2D eigenvalue weighted by Gasteiger charge is -2.06. The molecule has 0 aliphatic heterocycles. The summed E-state index contributed by atoms with van der Waals surface area (Å²) >= 11 is 0. The molecule has 0 saturated heterocycles. The molecule has 10 heteroatoms. The van der Waals surface area contributed by atoms with Crippen molar-refractivity contribution in [2.24, 2.45) is 10.2 Å². The van der Waals surface area contributed by atoms with Crippen molar-refractivity contribution in [1.29, 1.82) is 5.26 Å². The van der Waals surface area contributed by atoms with Crippen LogP contribution in [0.4, 0.5) is 11.9 Å². The van der Waals surface area contributed by atoms with E-state index in [1.54, 1.807) is 6.20 Å². The maximum Gasteiger partial charge on any atom is 0.323 e. The molecule has 1 aromatic carbocycles. The van der Waals surface area contributed by atoms with Gasteiger partial charge in [-0.15, -0.1) is 5.11 Å². The number of hydrogen-bond acceptors (Lipinski definition) is 9. The highest BCUT2D eigenvalue weighted by Crippen LogP contribution is 2.19. The lowest BCUT2D eigenvalue weighted by molar-refractivity contribution is 0.295. The fraction of sp³-hybridized carbons (Fsp3) is 0.190. The number of fused-ring (bicyclic) bond motifs is 1. The molecule has 0 spiro atoms. The fourth-order valence-corrected chi connectivity index (χ4v) is 2.88. The second-order valence-electron chi connectivity index (χ2n) is 6.43. The summed E-state index contributed by atoms with van der Waals surface area (Å²) in [7, 11) is 0. The van der Waals surface area contributed by atoms with E-state index in [0.29, 0.717) is 19.6 Å². The number of pyridine rings is 1. The van der Waals surface area contributed by atoms with E-state index < -0.39 is 0 Å². The largest absolute Gasteiger partial charge is 0.463 e. The van der Waals surface area contributed by atoms with Crippen LogP contribution in [-0.2, 0) is 13.0 Å². The summed E-state index contributed by atoms with van der Waals surface area (Å²) < 4.78 is 5.65. The van der Waals surface area contributed by atoms with E-state index in [-0.39, 0.29) is 24.5 Å². The topological polar surface area (TPSA) is 137 Å². The van der Waals surface area contributed by atoms with Crippen LogP contribution in [-0.4, -0.2) is 38.1 Å². The first-order chi connectivity index (χ1) is 15.3. The maximum absolute atomic E-state index is 8.80. The summed E-state index contributed by atoms with van der Waals surface area (Å²) in [5.41, 5.74) is 2.96. The zero-order valence-corrected chi connectivity index (χ0v) is 16.6. The average molecular weight is 413 g/mol. The number of ether oxygens (including phenoxy) is 1. The molecule has 0 unspecified atom stereocenters. The zero-order valence-electron chi connectivity index (χ0n) is 16.6. The quantitative estimate of drug-likeness (QED) is 0.316. The fourth-order valence-electron chi connectivity index (χ4n) is 2.88. The van der Waals surface area contributed by atoms with Crippen molar-refractivity contribution in [3.05, 3.63) is 66.1 Å². The number of hydrogen-bond donors (Lipinski definition) is 2. The normalized spacial score (nSPS) is 10.9. The van der Waals surface area contributed by atoms with Crippen molar-refractivity contribution in [1.82, 2.24) is 24.9 Å². The summed E-state index contributed by atoms with van der Waals surface area (Å²) in [5, 5.41) is 21.0. The van der Waals surface area contributed by atoms with Crippen LogP contribution >= 0.6 is 0 Å². The molecule has 0 bridgehead atoms. The van der Waals surface area contributed by atoms with Crippen LogP contribution in [0.1, 0.15) is 11.3 Å². The molecule has 0 amide bonds. The van der Waals surface area contributed by atoms with Crippen LogP contribution in [0, 0.1) is 11.3 Å². The molecule has 10 nitrogen and oxygen atoms in total. The van der Waals surface area contributed by atoms with Crippen molar-refractivity contribution in [3.8, 4) is 12.1 Å². The number of para-hydroxylation sites is 1. The van der Waals surface area contributed by atoms with Crippen molar-refractivity contribution >= 4 is 22.8 Å². The second-order valence-corrected chi connectivity index (χ2v) is 6.43. The Labute approximate surface area is 178 Å². The van der Waals surface area contributed by atoms with Crippen LogP contribution in [0.3, 0.4) is 0 Å². The Bertz CT molecular complexity index is 1210. The third kappa shape index (κ3) is 5.36. The predicted octanol–water partition coefficient (Wildman–Crippen LogP) is 3.59. The number of rotatable bonds is 9. The van der Waals surface area contributed by atoms with Gasteiger partial charge in [0.1, 0.15) is 6.54 Å². The molecule has 0 radical (unpaired) electrons. The Kier molecular flexibility index (Phi) is 6.35. The lowest BCUT2D eigenvalue weighted by Crippen LogP contribution is -2.09. The molecule has 0 saturated carbocycles. The molecule has 4 rings (SSSR count). The van der Waals surface area contributed by atoms with Gasteiger partial charge in [-0.1, -0.05) is 24.3 Å². The Balaban J connectivity index is 1.45. The van der Waals surface area contributed by atoms with E-state index in [2.05, 4.69) is 40.5 Å². The Morgan fingerprint density at radius 3 is 2.87 bits per heavy atom. The molecule has 3 heterocycles. The first-order valence-electron chi connectivity index (χ1n) is 9.64. The van der Waals surface area contributed by atoms with E-state index in [4.69, 9.17) is 10.00 Å². The first-order valence-corrected chi connectivity index (χ1v) is 9.64. The highest BCUT2D eigenvalue weighted by Gasteiger charge is 2.08. The lowest BCUT2D eigenvalue weighted by atomic mass is 10.2. The summed E-state index contributed by atoms with van der Waals surface area (Å²) in [4.78, 5) is 20.0. The summed E-state index contributed by atoms with van der Waals surface area (Å²) in [5.74, 6) is 0.300. The smallest absolute Gasteiger partial charge is 0.323 e. The minimum Gasteiger partial charge on any atom is -0.463 e. The highest BCUT2D eigenvalue weighted by atomic mass is 16.5. The monoisotopic (exact) mass is 413 g/mol. The van der Waals surface area contributed by atoms with Gasteiger partial charge in [0, 0.05) is 41.0 Å². The van der Waals surface area contributed by atoms with Gasteiger partial charge in [0.05, 0.1) is 19.2 Å². The number of aromatic amines is 1. The van der Waals surface area contributed by atoms with Gasteiger partial charge in [0.15, 0.2) is 0 Å². The number of aromatic nitrogens is 5. The van der Waals surface area contributed by atoms with E-state index in [1.807, 2.05) is 54.7 Å². The average Bonchev–Trinajstić information content (AvgIpc) is 3.22. The molecule has 0 fully saturated rings. The van der Waals surface area contributed by atoms with E-state index in [1.165, 1.54) is 0 Å². The van der Waals surface area contributed by atoms with Crippen molar-refractivity contribution < 1.29 is 4.74 Å². The number of azo groups is 1. The Morgan fingerprint density at radius 1 is 1.10 bits per heavy atom. The minimum absolute atomic E-state index is 0.0450. The van der Waals surface area contributed by atoms with E-state index in [0.717, 1.165) is 22.2 Å². The highest BCUT2D eigenvalue weighted by molar-refractivity contribution is 5.82. The molecule has 0 aliphatic carbocycles. The van der Waals surface area contributed by atoms with E-state index >= 15 is 0 Å².